The van der Waals surface area contributed by atoms with Crippen LogP contribution in [0.5, 0.6) is 0 Å². The third kappa shape index (κ3) is 4.65. The Balaban J connectivity index is 1.91. The number of benzene rings is 1. The lowest BCUT2D eigenvalue weighted by Gasteiger charge is -2.23. The minimum atomic E-state index is 0.134. The van der Waals surface area contributed by atoms with Crippen molar-refractivity contribution >= 4 is 11.6 Å². The van der Waals surface area contributed by atoms with Crippen LogP contribution in [0.4, 0.5) is 5.69 Å². The lowest BCUT2D eigenvalue weighted by Crippen LogP contribution is -2.40. The number of para-hydroxylation sites is 1. The van der Waals surface area contributed by atoms with Gasteiger partial charge in [-0.15, -0.1) is 0 Å². The summed E-state index contributed by atoms with van der Waals surface area (Å²) in [7, 11) is 1.66. The van der Waals surface area contributed by atoms with Crippen LogP contribution < -0.4 is 10.2 Å². The van der Waals surface area contributed by atoms with Gasteiger partial charge in [-0.2, -0.15) is 0 Å². The van der Waals surface area contributed by atoms with E-state index in [4.69, 9.17) is 4.74 Å². The molecule has 4 heteroatoms. The summed E-state index contributed by atoms with van der Waals surface area (Å²) in [5, 5.41) is 3.11. The Labute approximate surface area is 114 Å². The van der Waals surface area contributed by atoms with E-state index in [1.165, 1.54) is 12.8 Å². The molecule has 1 amide bonds. The van der Waals surface area contributed by atoms with Crippen molar-refractivity contribution in [2.75, 3.05) is 38.3 Å². The van der Waals surface area contributed by atoms with Crippen LogP contribution in [-0.2, 0) is 9.53 Å². The zero-order valence-corrected chi connectivity index (χ0v) is 11.5. The van der Waals surface area contributed by atoms with Crippen molar-refractivity contribution in [1.29, 1.82) is 0 Å². The average Bonchev–Trinajstić information content (AvgIpc) is 3.26. The zero-order chi connectivity index (χ0) is 13.5. The maximum absolute atomic E-state index is 12.3. The first kappa shape index (κ1) is 14.0. The zero-order valence-electron chi connectivity index (χ0n) is 11.5. The number of amides is 1. The summed E-state index contributed by atoms with van der Waals surface area (Å²) in [5.74, 6) is 0.817. The first-order valence-electron chi connectivity index (χ1n) is 6.86. The molecule has 1 aliphatic carbocycles. The van der Waals surface area contributed by atoms with Crippen LogP contribution in [0, 0.1) is 5.92 Å². The fraction of sp³-hybridized carbons (Fsp3) is 0.533. The summed E-state index contributed by atoms with van der Waals surface area (Å²) in [6.07, 6.45) is 2.49. The van der Waals surface area contributed by atoms with Crippen molar-refractivity contribution in [3.63, 3.8) is 0 Å². The number of rotatable bonds is 8. The number of carbonyl (C=O) groups excluding carboxylic acids is 1. The Morgan fingerprint density at radius 1 is 1.37 bits per heavy atom. The summed E-state index contributed by atoms with van der Waals surface area (Å²) in [6, 6.07) is 9.91. The number of anilines is 1. The van der Waals surface area contributed by atoms with Crippen LogP contribution in [0.1, 0.15) is 12.8 Å². The van der Waals surface area contributed by atoms with E-state index in [1.54, 1.807) is 7.11 Å². The highest BCUT2D eigenvalue weighted by Gasteiger charge is 2.27. The summed E-state index contributed by atoms with van der Waals surface area (Å²) >= 11 is 0. The summed E-state index contributed by atoms with van der Waals surface area (Å²) in [4.78, 5) is 14.2. The normalized spacial score (nSPS) is 14.4. The summed E-state index contributed by atoms with van der Waals surface area (Å²) in [5.41, 5.74) is 0.993. The molecule has 0 aromatic heterocycles. The molecule has 0 saturated heterocycles. The van der Waals surface area contributed by atoms with Gasteiger partial charge in [0.15, 0.2) is 0 Å². The molecule has 0 radical (unpaired) electrons. The van der Waals surface area contributed by atoms with Crippen LogP contribution in [0.15, 0.2) is 30.3 Å². The number of carbonyl (C=O) groups is 1. The largest absolute Gasteiger partial charge is 0.383 e. The van der Waals surface area contributed by atoms with Crippen molar-refractivity contribution in [2.45, 2.75) is 12.8 Å². The molecule has 0 unspecified atom stereocenters. The van der Waals surface area contributed by atoms with Crippen LogP contribution >= 0.6 is 0 Å². The molecule has 0 atom stereocenters. The Morgan fingerprint density at radius 2 is 2.11 bits per heavy atom. The van der Waals surface area contributed by atoms with E-state index in [2.05, 4.69) is 5.32 Å². The van der Waals surface area contributed by atoms with Gasteiger partial charge < -0.3 is 15.0 Å². The first-order chi connectivity index (χ1) is 9.31. The molecule has 1 saturated carbocycles. The van der Waals surface area contributed by atoms with Crippen molar-refractivity contribution < 1.29 is 9.53 Å². The molecular weight excluding hydrogens is 240 g/mol. The molecular formula is C15H22N2O2. The molecule has 1 fully saturated rings. The van der Waals surface area contributed by atoms with Gasteiger partial charge in [-0.3, -0.25) is 4.79 Å². The van der Waals surface area contributed by atoms with E-state index in [-0.39, 0.29) is 5.91 Å². The van der Waals surface area contributed by atoms with E-state index < -0.39 is 0 Å². The molecule has 19 heavy (non-hydrogen) atoms. The van der Waals surface area contributed by atoms with Gasteiger partial charge in [-0.25, -0.2) is 0 Å². The lowest BCUT2D eigenvalue weighted by atomic mass is 10.2. The Bertz CT molecular complexity index is 390. The van der Waals surface area contributed by atoms with E-state index in [1.807, 2.05) is 35.2 Å². The smallest absolute Gasteiger partial charge is 0.240 e. The van der Waals surface area contributed by atoms with Gasteiger partial charge >= 0.3 is 0 Å². The fourth-order valence-electron chi connectivity index (χ4n) is 1.98. The highest BCUT2D eigenvalue weighted by molar-refractivity contribution is 5.94. The minimum Gasteiger partial charge on any atom is -0.383 e. The monoisotopic (exact) mass is 262 g/mol. The highest BCUT2D eigenvalue weighted by Crippen LogP contribution is 2.31. The van der Waals surface area contributed by atoms with E-state index in [9.17, 15) is 4.79 Å². The van der Waals surface area contributed by atoms with Crippen LogP contribution in [-0.4, -0.2) is 39.3 Å². The van der Waals surface area contributed by atoms with E-state index in [0.29, 0.717) is 25.6 Å². The quantitative estimate of drug-likeness (QED) is 0.725. The van der Waals surface area contributed by atoms with E-state index in [0.717, 1.165) is 12.2 Å². The number of methoxy groups -OCH3 is 1. The van der Waals surface area contributed by atoms with Gasteiger partial charge in [-0.1, -0.05) is 18.2 Å². The Morgan fingerprint density at radius 3 is 2.74 bits per heavy atom. The maximum Gasteiger partial charge on any atom is 0.240 e. The van der Waals surface area contributed by atoms with Gasteiger partial charge in [0.2, 0.25) is 5.91 Å². The number of hydrogen-bond donors (Lipinski definition) is 1. The third-order valence-corrected chi connectivity index (χ3v) is 3.27. The maximum atomic E-state index is 12.3. The van der Waals surface area contributed by atoms with Crippen molar-refractivity contribution in [2.24, 2.45) is 5.92 Å². The molecule has 0 heterocycles. The van der Waals surface area contributed by atoms with Crippen LogP contribution in [0.3, 0.4) is 0 Å². The fourth-order valence-corrected chi connectivity index (χ4v) is 1.98. The van der Waals surface area contributed by atoms with Gasteiger partial charge in [0.1, 0.15) is 0 Å². The average molecular weight is 262 g/mol. The molecule has 0 spiro atoms. The van der Waals surface area contributed by atoms with Gasteiger partial charge in [0.05, 0.1) is 13.2 Å². The standard InChI is InChI=1S/C15H22N2O2/c1-19-10-9-16-11-15(18)17(12-13-7-8-13)14-5-3-2-4-6-14/h2-6,13,16H,7-12H2,1H3. The molecule has 1 aliphatic rings. The van der Waals surface area contributed by atoms with Gasteiger partial charge in [0, 0.05) is 25.9 Å². The number of nitrogens with one attached hydrogen (secondary N) is 1. The second-order valence-electron chi connectivity index (χ2n) is 4.95. The Kier molecular flexibility index (Phi) is 5.36. The Hall–Kier alpha value is -1.39. The molecule has 1 aromatic carbocycles. The van der Waals surface area contributed by atoms with Crippen molar-refractivity contribution in [3.05, 3.63) is 30.3 Å². The minimum absolute atomic E-state index is 0.134. The number of hydrogen-bond acceptors (Lipinski definition) is 3. The van der Waals surface area contributed by atoms with Crippen molar-refractivity contribution in [1.82, 2.24) is 5.32 Å². The molecule has 2 rings (SSSR count). The lowest BCUT2D eigenvalue weighted by molar-refractivity contribution is -0.117. The molecule has 1 aromatic rings. The summed E-state index contributed by atoms with van der Waals surface area (Å²) in [6.45, 7) is 2.54. The number of nitrogens with zero attached hydrogens (tertiary/aromatic N) is 1. The van der Waals surface area contributed by atoms with Gasteiger partial charge in [-0.05, 0) is 30.9 Å². The second kappa shape index (κ2) is 7.26. The molecule has 1 N–H and O–H groups in total. The molecule has 104 valence electrons. The van der Waals surface area contributed by atoms with Crippen LogP contribution in [0.25, 0.3) is 0 Å². The van der Waals surface area contributed by atoms with E-state index >= 15 is 0 Å². The molecule has 0 aliphatic heterocycles. The highest BCUT2D eigenvalue weighted by atomic mass is 16.5. The van der Waals surface area contributed by atoms with Crippen LogP contribution in [0.2, 0.25) is 0 Å². The summed E-state index contributed by atoms with van der Waals surface area (Å²) < 4.78 is 4.96. The second-order valence-corrected chi connectivity index (χ2v) is 4.95. The first-order valence-corrected chi connectivity index (χ1v) is 6.86. The topological polar surface area (TPSA) is 41.6 Å². The predicted molar refractivity (Wildman–Crippen MR) is 76.3 cm³/mol. The molecule has 0 bridgehead atoms. The third-order valence-electron chi connectivity index (χ3n) is 3.27. The molecule has 4 nitrogen and oxygen atoms in total. The number of ether oxygens (including phenoxy) is 1. The van der Waals surface area contributed by atoms with Crippen molar-refractivity contribution in [3.8, 4) is 0 Å². The predicted octanol–water partition coefficient (Wildman–Crippen LogP) is 1.67. The SMILES string of the molecule is COCCNCC(=O)N(CC1CC1)c1ccccc1. The van der Waals surface area contributed by atoms with Gasteiger partial charge in [0.25, 0.3) is 0 Å².